The van der Waals surface area contributed by atoms with Crippen molar-refractivity contribution in [3.63, 3.8) is 0 Å². The van der Waals surface area contributed by atoms with E-state index >= 15 is 0 Å². The van der Waals surface area contributed by atoms with Gasteiger partial charge in [0.2, 0.25) is 0 Å². The smallest absolute Gasteiger partial charge is 0.161 e. The molecule has 0 spiro atoms. The second-order valence-corrected chi connectivity index (χ2v) is 6.46. The van der Waals surface area contributed by atoms with Gasteiger partial charge in [-0.15, -0.1) is 0 Å². The third kappa shape index (κ3) is 3.31. The summed E-state index contributed by atoms with van der Waals surface area (Å²) in [6.07, 6.45) is 0. The number of thiocarbonyl (C=S) groups is 1. The van der Waals surface area contributed by atoms with E-state index < -0.39 is 5.82 Å². The zero-order chi connectivity index (χ0) is 14.9. The summed E-state index contributed by atoms with van der Waals surface area (Å²) in [4.78, 5) is 0.129. The average molecular weight is 439 g/mol. The lowest BCUT2D eigenvalue weighted by Gasteiger charge is -2.12. The highest BCUT2D eigenvalue weighted by molar-refractivity contribution is 9.10. The molecule has 2 nitrogen and oxygen atoms in total. The minimum Gasteiger partial charge on any atom is -0.389 e. The van der Waals surface area contributed by atoms with Crippen molar-refractivity contribution in [2.24, 2.45) is 5.73 Å². The highest BCUT2D eigenvalue weighted by atomic mass is 79.9. The van der Waals surface area contributed by atoms with Gasteiger partial charge in [0.25, 0.3) is 0 Å². The van der Waals surface area contributed by atoms with Gasteiger partial charge < -0.3 is 11.1 Å². The minimum absolute atomic E-state index is 0.129. The number of hydrogen-bond donors (Lipinski definition) is 2. The van der Waals surface area contributed by atoms with Crippen LogP contribution in [0.4, 0.5) is 15.8 Å². The Balaban J connectivity index is 2.39. The van der Waals surface area contributed by atoms with Gasteiger partial charge in [-0.1, -0.05) is 39.7 Å². The Kier molecular flexibility index (Phi) is 5.01. The molecule has 0 unspecified atom stereocenters. The molecule has 0 fully saturated rings. The van der Waals surface area contributed by atoms with E-state index in [2.05, 4.69) is 37.2 Å². The molecule has 0 saturated heterocycles. The molecule has 0 atom stereocenters. The number of nitrogens with one attached hydrogen (secondary N) is 1. The topological polar surface area (TPSA) is 38.0 Å². The number of halogens is 4. The summed E-state index contributed by atoms with van der Waals surface area (Å²) >= 11 is 17.4. The van der Waals surface area contributed by atoms with Crippen molar-refractivity contribution in [1.82, 2.24) is 0 Å². The Morgan fingerprint density at radius 3 is 2.45 bits per heavy atom. The monoisotopic (exact) mass is 436 g/mol. The van der Waals surface area contributed by atoms with Crippen LogP contribution in [-0.4, -0.2) is 4.99 Å². The molecule has 20 heavy (non-hydrogen) atoms. The van der Waals surface area contributed by atoms with Gasteiger partial charge in [0.15, 0.2) is 5.82 Å². The maximum Gasteiger partial charge on any atom is 0.161 e. The summed E-state index contributed by atoms with van der Waals surface area (Å²) in [6.45, 7) is 0. The van der Waals surface area contributed by atoms with Crippen LogP contribution < -0.4 is 11.1 Å². The maximum absolute atomic E-state index is 14.2. The van der Waals surface area contributed by atoms with E-state index in [1.807, 2.05) is 6.07 Å². The minimum atomic E-state index is -0.478. The van der Waals surface area contributed by atoms with Crippen LogP contribution >= 0.6 is 55.7 Å². The van der Waals surface area contributed by atoms with E-state index in [4.69, 9.17) is 29.6 Å². The predicted octanol–water partition coefficient (Wildman–Crippen LogP) is 5.38. The van der Waals surface area contributed by atoms with E-state index in [0.29, 0.717) is 16.3 Å². The first-order chi connectivity index (χ1) is 9.40. The first-order valence-electron chi connectivity index (χ1n) is 5.40. The van der Waals surface area contributed by atoms with Gasteiger partial charge in [-0.2, -0.15) is 0 Å². The quantitative estimate of drug-likeness (QED) is 0.632. The third-order valence-electron chi connectivity index (χ3n) is 2.55. The molecule has 0 saturated carbocycles. The summed E-state index contributed by atoms with van der Waals surface area (Å²) in [5.74, 6) is -0.478. The molecule has 104 valence electrons. The molecule has 0 radical (unpaired) electrons. The molecule has 0 aliphatic rings. The Morgan fingerprint density at radius 1 is 1.20 bits per heavy atom. The summed E-state index contributed by atoms with van der Waals surface area (Å²) in [7, 11) is 0. The van der Waals surface area contributed by atoms with Gasteiger partial charge in [0.05, 0.1) is 20.9 Å². The molecule has 7 heteroatoms. The van der Waals surface area contributed by atoms with Crippen LogP contribution in [0.3, 0.4) is 0 Å². The largest absolute Gasteiger partial charge is 0.389 e. The lowest BCUT2D eigenvalue weighted by molar-refractivity contribution is 0.625. The molecule has 2 aromatic rings. The zero-order valence-corrected chi connectivity index (χ0v) is 14.6. The standard InChI is InChI=1S/C13H8Br2ClFN2S/c14-6-1-3-9(8(16)5-6)19-10-4-2-7(13(18)20)11(15)12(10)17/h1-5,19H,(H2,18,20). The van der Waals surface area contributed by atoms with Gasteiger partial charge in [0, 0.05) is 10.0 Å². The summed E-state index contributed by atoms with van der Waals surface area (Å²) < 4.78 is 15.3. The predicted molar refractivity (Wildman–Crippen MR) is 92.4 cm³/mol. The Morgan fingerprint density at radius 2 is 1.85 bits per heavy atom. The van der Waals surface area contributed by atoms with Crippen LogP contribution in [0.25, 0.3) is 0 Å². The molecule has 0 bridgehead atoms. The Labute approximate surface area is 142 Å². The number of anilines is 2. The summed E-state index contributed by atoms with van der Waals surface area (Å²) in [6, 6.07) is 8.49. The Bertz CT molecular complexity index is 694. The van der Waals surface area contributed by atoms with Gasteiger partial charge in [-0.25, -0.2) is 4.39 Å². The molecule has 2 aromatic carbocycles. The fraction of sp³-hybridized carbons (Fsp3) is 0. The second kappa shape index (κ2) is 6.39. The van der Waals surface area contributed by atoms with E-state index in [1.165, 1.54) is 0 Å². The average Bonchev–Trinajstić information content (AvgIpc) is 2.37. The first-order valence-corrected chi connectivity index (χ1v) is 7.77. The number of benzene rings is 2. The van der Waals surface area contributed by atoms with E-state index in [-0.39, 0.29) is 15.1 Å². The number of hydrogen-bond acceptors (Lipinski definition) is 2. The van der Waals surface area contributed by atoms with Gasteiger partial charge in [-0.3, -0.25) is 0 Å². The van der Waals surface area contributed by atoms with Crippen molar-refractivity contribution in [2.45, 2.75) is 0 Å². The summed E-state index contributed by atoms with van der Waals surface area (Å²) in [5, 5.41) is 3.41. The van der Waals surface area contributed by atoms with Crippen molar-refractivity contribution < 1.29 is 4.39 Å². The van der Waals surface area contributed by atoms with Gasteiger partial charge in [-0.05, 0) is 46.3 Å². The third-order valence-corrected chi connectivity index (χ3v) is 4.35. The van der Waals surface area contributed by atoms with Crippen molar-refractivity contribution in [3.05, 3.63) is 55.7 Å². The summed E-state index contributed by atoms with van der Waals surface area (Å²) in [5.41, 5.74) is 6.84. The van der Waals surface area contributed by atoms with Crippen molar-refractivity contribution in [3.8, 4) is 0 Å². The zero-order valence-electron chi connectivity index (χ0n) is 9.88. The van der Waals surface area contributed by atoms with Crippen molar-refractivity contribution >= 4 is 72.0 Å². The molecule has 2 rings (SSSR count). The van der Waals surface area contributed by atoms with Crippen LogP contribution in [0.15, 0.2) is 39.3 Å². The molecular weight excluding hydrogens is 430 g/mol. The molecule has 0 aromatic heterocycles. The molecule has 0 amide bonds. The molecule has 0 aliphatic carbocycles. The maximum atomic E-state index is 14.2. The lowest BCUT2D eigenvalue weighted by atomic mass is 10.2. The molecule has 0 heterocycles. The number of nitrogens with two attached hydrogens (primary N) is 1. The van der Waals surface area contributed by atoms with Crippen molar-refractivity contribution in [1.29, 1.82) is 0 Å². The molecular formula is C13H8Br2ClFN2S. The normalized spacial score (nSPS) is 10.4. The van der Waals surface area contributed by atoms with Gasteiger partial charge in [0.1, 0.15) is 4.99 Å². The van der Waals surface area contributed by atoms with E-state index in [9.17, 15) is 4.39 Å². The lowest BCUT2D eigenvalue weighted by Crippen LogP contribution is -2.11. The van der Waals surface area contributed by atoms with Crippen molar-refractivity contribution in [2.75, 3.05) is 5.32 Å². The molecule has 0 aliphatic heterocycles. The van der Waals surface area contributed by atoms with E-state index in [0.717, 1.165) is 4.47 Å². The second-order valence-electron chi connectivity index (χ2n) is 3.90. The Hall–Kier alpha value is -0.690. The highest BCUT2D eigenvalue weighted by Gasteiger charge is 2.13. The fourth-order valence-corrected chi connectivity index (χ4v) is 3.15. The highest BCUT2D eigenvalue weighted by Crippen LogP contribution is 2.32. The van der Waals surface area contributed by atoms with Gasteiger partial charge >= 0.3 is 0 Å². The number of rotatable bonds is 3. The van der Waals surface area contributed by atoms with Crippen LogP contribution in [0.5, 0.6) is 0 Å². The molecule has 3 N–H and O–H groups in total. The first kappa shape index (κ1) is 15.7. The van der Waals surface area contributed by atoms with E-state index in [1.54, 1.807) is 24.3 Å². The van der Waals surface area contributed by atoms with Crippen LogP contribution in [0.2, 0.25) is 5.02 Å². The fourth-order valence-electron chi connectivity index (χ4n) is 1.57. The van der Waals surface area contributed by atoms with Crippen LogP contribution in [-0.2, 0) is 0 Å². The van der Waals surface area contributed by atoms with Crippen LogP contribution in [0, 0.1) is 5.82 Å². The SMILES string of the molecule is NC(=S)c1ccc(Nc2ccc(Br)cc2Cl)c(F)c1Br. The van der Waals surface area contributed by atoms with Crippen LogP contribution in [0.1, 0.15) is 5.56 Å².